The number of rotatable bonds is 10. The number of aromatic nitrogens is 4. The maximum absolute atomic E-state index is 12.4. The summed E-state index contributed by atoms with van der Waals surface area (Å²) in [5.74, 6) is 0.932. The Morgan fingerprint density at radius 3 is 2.66 bits per heavy atom. The fourth-order valence-corrected chi connectivity index (χ4v) is 4.96. The lowest BCUT2D eigenvalue weighted by Crippen LogP contribution is -2.46. The second-order valence-corrected chi connectivity index (χ2v) is 10.3. The predicted molar refractivity (Wildman–Crippen MR) is 164 cm³/mol. The number of carbonyl (C=O) groups excluding carboxylic acids is 1. The van der Waals surface area contributed by atoms with Crippen molar-refractivity contribution in [3.05, 3.63) is 61.6 Å². The van der Waals surface area contributed by atoms with E-state index in [1.807, 2.05) is 55.3 Å². The van der Waals surface area contributed by atoms with Crippen LogP contribution in [0, 0.1) is 0 Å². The Bertz CT molecular complexity index is 1540. The first-order valence-electron chi connectivity index (χ1n) is 13.6. The maximum atomic E-state index is 12.4. The third-order valence-corrected chi connectivity index (χ3v) is 7.49. The molecular formula is C30H37N9O2. The molecule has 0 radical (unpaired) electrons. The van der Waals surface area contributed by atoms with Crippen LogP contribution in [0.25, 0.3) is 22.2 Å². The zero-order valence-electron chi connectivity index (χ0n) is 24.1. The van der Waals surface area contributed by atoms with Gasteiger partial charge < -0.3 is 25.2 Å². The molecule has 11 heteroatoms. The van der Waals surface area contributed by atoms with Crippen molar-refractivity contribution in [2.45, 2.75) is 0 Å². The molecule has 0 aliphatic carbocycles. The number of nitrogens with zero attached hydrogens (tertiary/aromatic N) is 7. The van der Waals surface area contributed by atoms with Gasteiger partial charge in [0.05, 0.1) is 41.6 Å². The summed E-state index contributed by atoms with van der Waals surface area (Å²) >= 11 is 0. The van der Waals surface area contributed by atoms with Crippen LogP contribution in [0.1, 0.15) is 0 Å². The highest BCUT2D eigenvalue weighted by atomic mass is 16.5. The molecule has 41 heavy (non-hydrogen) atoms. The van der Waals surface area contributed by atoms with Crippen LogP contribution in [-0.4, -0.2) is 95.9 Å². The van der Waals surface area contributed by atoms with Crippen LogP contribution in [-0.2, 0) is 11.8 Å². The lowest BCUT2D eigenvalue weighted by molar-refractivity contribution is -0.111. The van der Waals surface area contributed by atoms with Crippen LogP contribution in [0.15, 0.2) is 61.6 Å². The van der Waals surface area contributed by atoms with E-state index in [-0.39, 0.29) is 5.91 Å². The molecule has 0 saturated carbocycles. The third kappa shape index (κ3) is 6.47. The number of ether oxygens (including phenoxy) is 1. The Balaban J connectivity index is 1.40. The molecule has 2 N–H and O–H groups in total. The molecule has 1 aliphatic heterocycles. The van der Waals surface area contributed by atoms with Crippen LogP contribution in [0.3, 0.4) is 0 Å². The Hall–Kier alpha value is -4.48. The van der Waals surface area contributed by atoms with Gasteiger partial charge in [0.25, 0.3) is 0 Å². The van der Waals surface area contributed by atoms with E-state index < -0.39 is 0 Å². The van der Waals surface area contributed by atoms with Crippen LogP contribution < -0.4 is 20.3 Å². The molecule has 0 bridgehead atoms. The second-order valence-electron chi connectivity index (χ2n) is 10.3. The summed E-state index contributed by atoms with van der Waals surface area (Å²) < 4.78 is 7.62. The number of amides is 1. The molecule has 2 aromatic heterocycles. The standard InChI is InChI=1S/C30H37N9O2/c1-6-30(40)35-24-16-25(28(41-5)18-27(24)37(3)11-14-39-12-9-36(2)10-13-39)34-29-17-23(31-20-32-29)21-7-8-26-22(15-21)19-33-38(26)4/h6-8,15-20H,1,9-14H2,2-5H3,(H,35,40)(H,31,32,34). The molecule has 0 spiro atoms. The van der Waals surface area contributed by atoms with Crippen LogP contribution in [0.4, 0.5) is 22.9 Å². The molecule has 1 amide bonds. The molecule has 1 saturated heterocycles. The summed E-state index contributed by atoms with van der Waals surface area (Å²) in [5, 5.41) is 11.7. The van der Waals surface area contributed by atoms with E-state index in [4.69, 9.17) is 4.74 Å². The molecule has 4 aromatic rings. The highest BCUT2D eigenvalue weighted by Crippen LogP contribution is 2.38. The van der Waals surface area contributed by atoms with Crippen molar-refractivity contribution in [2.75, 3.05) is 76.0 Å². The highest BCUT2D eigenvalue weighted by molar-refractivity contribution is 6.02. The SMILES string of the molecule is C=CC(=O)Nc1cc(Nc2cc(-c3ccc4c(cnn4C)c3)ncn2)c(OC)cc1N(C)CCN1CCN(C)CC1. The number of aryl methyl sites for hydroxylation is 1. The van der Waals surface area contributed by atoms with Crippen LogP contribution in [0.5, 0.6) is 5.75 Å². The van der Waals surface area contributed by atoms with Gasteiger partial charge in [0.2, 0.25) is 5.91 Å². The van der Waals surface area contributed by atoms with Gasteiger partial charge in [-0.2, -0.15) is 5.10 Å². The van der Waals surface area contributed by atoms with E-state index in [1.54, 1.807) is 7.11 Å². The minimum absolute atomic E-state index is 0.287. The lowest BCUT2D eigenvalue weighted by Gasteiger charge is -2.34. The first-order valence-corrected chi connectivity index (χ1v) is 13.6. The van der Waals surface area contributed by atoms with Crippen molar-refractivity contribution < 1.29 is 9.53 Å². The van der Waals surface area contributed by atoms with Crippen molar-refractivity contribution >= 4 is 39.7 Å². The van der Waals surface area contributed by atoms with E-state index in [0.717, 1.165) is 67.1 Å². The number of benzene rings is 2. The van der Waals surface area contributed by atoms with Gasteiger partial charge in [0, 0.05) is 76.4 Å². The number of piperazine rings is 1. The van der Waals surface area contributed by atoms with E-state index in [1.165, 1.54) is 12.4 Å². The van der Waals surface area contributed by atoms with E-state index in [9.17, 15) is 4.79 Å². The van der Waals surface area contributed by atoms with Crippen LogP contribution >= 0.6 is 0 Å². The first kappa shape index (κ1) is 28.1. The molecule has 1 aliphatic rings. The molecule has 5 rings (SSSR count). The van der Waals surface area contributed by atoms with E-state index in [0.29, 0.717) is 22.9 Å². The number of fused-ring (bicyclic) bond motifs is 1. The van der Waals surface area contributed by atoms with Gasteiger partial charge in [-0.1, -0.05) is 12.6 Å². The number of methoxy groups -OCH3 is 1. The van der Waals surface area contributed by atoms with Gasteiger partial charge >= 0.3 is 0 Å². The Kier molecular flexibility index (Phi) is 8.46. The van der Waals surface area contributed by atoms with Gasteiger partial charge in [-0.05, 0) is 31.3 Å². The molecular weight excluding hydrogens is 518 g/mol. The fraction of sp³-hybridized carbons (Fsp3) is 0.333. The third-order valence-electron chi connectivity index (χ3n) is 7.49. The highest BCUT2D eigenvalue weighted by Gasteiger charge is 2.18. The van der Waals surface area contributed by atoms with Crippen molar-refractivity contribution in [2.24, 2.45) is 7.05 Å². The average molecular weight is 556 g/mol. The molecule has 1 fully saturated rings. The molecule has 2 aromatic carbocycles. The number of carbonyl (C=O) groups is 1. The summed E-state index contributed by atoms with van der Waals surface area (Å²) in [6.07, 6.45) is 4.63. The Labute approximate surface area is 240 Å². The topological polar surface area (TPSA) is 104 Å². The van der Waals surface area contributed by atoms with E-state index in [2.05, 4.69) is 60.1 Å². The zero-order chi connectivity index (χ0) is 28.9. The quantitative estimate of drug-likeness (QED) is 0.284. The lowest BCUT2D eigenvalue weighted by atomic mass is 10.1. The summed E-state index contributed by atoms with van der Waals surface area (Å²) in [4.78, 5) is 28.2. The summed E-state index contributed by atoms with van der Waals surface area (Å²) in [7, 11) is 7.73. The number of hydrogen-bond acceptors (Lipinski definition) is 9. The largest absolute Gasteiger partial charge is 0.494 e. The van der Waals surface area contributed by atoms with Gasteiger partial charge in [0.15, 0.2) is 0 Å². The fourth-order valence-electron chi connectivity index (χ4n) is 4.96. The zero-order valence-corrected chi connectivity index (χ0v) is 24.1. The Morgan fingerprint density at radius 1 is 1.10 bits per heavy atom. The minimum Gasteiger partial charge on any atom is -0.494 e. The second kappa shape index (κ2) is 12.4. The first-order chi connectivity index (χ1) is 19.8. The van der Waals surface area contributed by atoms with Gasteiger partial charge in [0.1, 0.15) is 17.9 Å². The van der Waals surface area contributed by atoms with E-state index >= 15 is 0 Å². The Morgan fingerprint density at radius 2 is 1.90 bits per heavy atom. The van der Waals surface area contributed by atoms with Crippen molar-refractivity contribution in [1.82, 2.24) is 29.5 Å². The van der Waals surface area contributed by atoms with Crippen LogP contribution in [0.2, 0.25) is 0 Å². The van der Waals surface area contributed by atoms with Gasteiger partial charge in [-0.15, -0.1) is 0 Å². The predicted octanol–water partition coefficient (Wildman–Crippen LogP) is 3.59. The molecule has 0 atom stereocenters. The smallest absolute Gasteiger partial charge is 0.247 e. The van der Waals surface area contributed by atoms with Crippen molar-refractivity contribution in [3.63, 3.8) is 0 Å². The maximum Gasteiger partial charge on any atom is 0.247 e. The molecule has 0 unspecified atom stereocenters. The minimum atomic E-state index is -0.287. The number of hydrogen-bond donors (Lipinski definition) is 2. The van der Waals surface area contributed by atoms with Crippen molar-refractivity contribution in [3.8, 4) is 17.0 Å². The summed E-state index contributed by atoms with van der Waals surface area (Å²) in [6.45, 7) is 9.58. The summed E-state index contributed by atoms with van der Waals surface area (Å²) in [5.41, 5.74) is 4.94. The van der Waals surface area contributed by atoms with Crippen molar-refractivity contribution in [1.29, 1.82) is 0 Å². The van der Waals surface area contributed by atoms with Gasteiger partial charge in [-0.25, -0.2) is 9.97 Å². The normalized spacial score (nSPS) is 14.1. The number of likely N-dealkylation sites (N-methyl/N-ethyl adjacent to an activating group) is 2. The number of nitrogens with one attached hydrogen (secondary N) is 2. The monoisotopic (exact) mass is 555 g/mol. The van der Waals surface area contributed by atoms with Gasteiger partial charge in [-0.3, -0.25) is 14.4 Å². The molecule has 11 nitrogen and oxygen atoms in total. The average Bonchev–Trinajstić information content (AvgIpc) is 3.36. The molecule has 214 valence electrons. The summed E-state index contributed by atoms with van der Waals surface area (Å²) in [6, 6.07) is 11.8. The number of anilines is 4. The molecule has 3 heterocycles.